The van der Waals surface area contributed by atoms with Crippen molar-refractivity contribution in [2.24, 2.45) is 5.10 Å². The average molecular weight is 184 g/mol. The van der Waals surface area contributed by atoms with Crippen molar-refractivity contribution in [1.82, 2.24) is 5.43 Å². The quantitative estimate of drug-likeness (QED) is 0.550. The number of benzene rings is 1. The van der Waals surface area contributed by atoms with Gasteiger partial charge in [-0.3, -0.25) is 0 Å². The summed E-state index contributed by atoms with van der Waals surface area (Å²) in [7, 11) is 1.61. The van der Waals surface area contributed by atoms with Gasteiger partial charge in [-0.15, -0.1) is 0 Å². The Labute approximate surface area is 75.3 Å². The zero-order valence-corrected chi connectivity index (χ0v) is 7.44. The van der Waals surface area contributed by atoms with Gasteiger partial charge in [-0.2, -0.15) is 5.10 Å². The van der Waals surface area contributed by atoms with Crippen molar-refractivity contribution in [3.63, 3.8) is 0 Å². The largest absolute Gasteiger partial charge is 0.313 e. The smallest absolute Gasteiger partial charge is 0.129 e. The van der Waals surface area contributed by atoms with Gasteiger partial charge >= 0.3 is 0 Å². The Bertz CT molecular complexity index is 311. The molecule has 1 aromatic carbocycles. The molecule has 0 amide bonds. The van der Waals surface area contributed by atoms with Gasteiger partial charge in [0, 0.05) is 18.2 Å². The minimum Gasteiger partial charge on any atom is -0.313 e. The molecule has 0 fully saturated rings. The molecule has 13 heavy (non-hydrogen) atoms. The van der Waals surface area contributed by atoms with Crippen LogP contribution in [0.25, 0.3) is 0 Å². The van der Waals surface area contributed by atoms with E-state index in [2.05, 4.69) is 10.5 Å². The van der Waals surface area contributed by atoms with Crippen molar-refractivity contribution in [2.75, 3.05) is 7.05 Å². The Hall–Kier alpha value is -1.45. The first kappa shape index (κ1) is 9.64. The molecule has 0 radical (unpaired) electrons. The van der Waals surface area contributed by atoms with E-state index in [-0.39, 0.29) is 5.56 Å². The Kier molecular flexibility index (Phi) is 2.95. The normalized spacial score (nSPS) is 10.8. The third-order valence-electron chi connectivity index (χ3n) is 1.65. The van der Waals surface area contributed by atoms with E-state index in [1.54, 1.807) is 7.05 Å². The first-order chi connectivity index (χ1) is 6.15. The molecule has 0 saturated heterocycles. The Morgan fingerprint density at radius 3 is 2.31 bits per heavy atom. The predicted octanol–water partition coefficient (Wildman–Crippen LogP) is 1.83. The summed E-state index contributed by atoms with van der Waals surface area (Å²) in [5, 5.41) is 3.65. The van der Waals surface area contributed by atoms with Crippen LogP contribution in [0.15, 0.2) is 17.2 Å². The van der Waals surface area contributed by atoms with Crippen molar-refractivity contribution in [3.8, 4) is 0 Å². The molecule has 0 aliphatic carbocycles. The molecule has 0 aliphatic heterocycles. The Morgan fingerprint density at radius 1 is 1.31 bits per heavy atom. The standard InChI is InChI=1S/C9H10F2N2/c1-6-8(10)3-7(4-9(6)11)5-13-12-2/h3-5,12H,1-2H3/b13-5+. The highest BCUT2D eigenvalue weighted by Gasteiger charge is 2.04. The minimum absolute atomic E-state index is 0.0293. The van der Waals surface area contributed by atoms with Crippen LogP contribution < -0.4 is 5.43 Å². The van der Waals surface area contributed by atoms with Crippen LogP contribution >= 0.6 is 0 Å². The van der Waals surface area contributed by atoms with Gasteiger partial charge in [-0.25, -0.2) is 8.78 Å². The van der Waals surface area contributed by atoms with Crippen molar-refractivity contribution < 1.29 is 8.78 Å². The molecule has 0 spiro atoms. The first-order valence-electron chi connectivity index (χ1n) is 3.80. The zero-order valence-electron chi connectivity index (χ0n) is 7.44. The van der Waals surface area contributed by atoms with Crippen molar-refractivity contribution >= 4 is 6.21 Å². The lowest BCUT2D eigenvalue weighted by atomic mass is 10.1. The van der Waals surface area contributed by atoms with Gasteiger partial charge in [0.15, 0.2) is 0 Å². The van der Waals surface area contributed by atoms with Crippen LogP contribution in [0.2, 0.25) is 0 Å². The average Bonchev–Trinajstić information content (AvgIpc) is 2.10. The monoisotopic (exact) mass is 184 g/mol. The molecule has 1 N–H and O–H groups in total. The highest BCUT2D eigenvalue weighted by Crippen LogP contribution is 2.12. The molecule has 0 heterocycles. The van der Waals surface area contributed by atoms with Gasteiger partial charge in [0.2, 0.25) is 0 Å². The fourth-order valence-corrected chi connectivity index (χ4v) is 0.879. The van der Waals surface area contributed by atoms with Crippen LogP contribution in [-0.2, 0) is 0 Å². The summed E-state index contributed by atoms with van der Waals surface area (Å²) in [5.41, 5.74) is 2.92. The Morgan fingerprint density at radius 2 is 1.85 bits per heavy atom. The highest BCUT2D eigenvalue weighted by molar-refractivity contribution is 5.79. The summed E-state index contributed by atoms with van der Waals surface area (Å²) in [6.07, 6.45) is 1.35. The number of rotatable bonds is 2. The summed E-state index contributed by atoms with van der Waals surface area (Å²) in [5.74, 6) is -1.12. The molecular formula is C9H10F2N2. The van der Waals surface area contributed by atoms with Gasteiger partial charge in [0.1, 0.15) is 11.6 Å². The van der Waals surface area contributed by atoms with Crippen LogP contribution in [0.3, 0.4) is 0 Å². The van der Waals surface area contributed by atoms with Gasteiger partial charge < -0.3 is 5.43 Å². The van der Waals surface area contributed by atoms with Crippen LogP contribution in [0, 0.1) is 18.6 Å². The fourth-order valence-electron chi connectivity index (χ4n) is 0.879. The maximum absolute atomic E-state index is 12.9. The van der Waals surface area contributed by atoms with Gasteiger partial charge in [-0.05, 0) is 19.1 Å². The topological polar surface area (TPSA) is 24.4 Å². The summed E-state index contributed by atoms with van der Waals surface area (Å²) in [6.45, 7) is 1.39. The molecular weight excluding hydrogens is 174 g/mol. The highest BCUT2D eigenvalue weighted by atomic mass is 19.1. The number of nitrogens with one attached hydrogen (secondary N) is 1. The lowest BCUT2D eigenvalue weighted by Gasteiger charge is -1.99. The minimum atomic E-state index is -0.558. The molecule has 0 bridgehead atoms. The molecule has 0 aromatic heterocycles. The maximum atomic E-state index is 12.9. The van der Waals surface area contributed by atoms with Crippen LogP contribution in [0.4, 0.5) is 8.78 Å². The third-order valence-corrected chi connectivity index (χ3v) is 1.65. The molecule has 0 saturated carbocycles. The van der Waals surface area contributed by atoms with Crippen LogP contribution in [0.1, 0.15) is 11.1 Å². The first-order valence-corrected chi connectivity index (χ1v) is 3.80. The van der Waals surface area contributed by atoms with Gasteiger partial charge in [-0.1, -0.05) is 0 Å². The van der Waals surface area contributed by atoms with Crippen molar-refractivity contribution in [1.29, 1.82) is 0 Å². The summed E-state index contributed by atoms with van der Waals surface area (Å²) >= 11 is 0. The molecule has 4 heteroatoms. The number of hydrogen-bond acceptors (Lipinski definition) is 2. The number of hydrazone groups is 1. The summed E-state index contributed by atoms with van der Waals surface area (Å²) < 4.78 is 25.9. The maximum Gasteiger partial charge on any atom is 0.129 e. The SMILES string of the molecule is CN/N=C/c1cc(F)c(C)c(F)c1. The van der Waals surface area contributed by atoms with Crippen molar-refractivity contribution in [2.45, 2.75) is 6.92 Å². The van der Waals surface area contributed by atoms with E-state index in [1.165, 1.54) is 25.3 Å². The second kappa shape index (κ2) is 3.98. The Balaban J connectivity index is 3.06. The van der Waals surface area contributed by atoms with E-state index >= 15 is 0 Å². The van der Waals surface area contributed by atoms with Gasteiger partial charge in [0.05, 0.1) is 6.21 Å². The van der Waals surface area contributed by atoms with Gasteiger partial charge in [0.25, 0.3) is 0 Å². The summed E-state index contributed by atoms with van der Waals surface area (Å²) in [6, 6.07) is 2.47. The molecule has 2 nitrogen and oxygen atoms in total. The van der Waals surface area contributed by atoms with Crippen molar-refractivity contribution in [3.05, 3.63) is 34.9 Å². The van der Waals surface area contributed by atoms with E-state index in [4.69, 9.17) is 0 Å². The molecule has 0 atom stereocenters. The zero-order chi connectivity index (χ0) is 9.84. The van der Waals surface area contributed by atoms with E-state index < -0.39 is 11.6 Å². The second-order valence-corrected chi connectivity index (χ2v) is 2.59. The number of nitrogens with zero attached hydrogens (tertiary/aromatic N) is 1. The molecule has 1 aromatic rings. The predicted molar refractivity (Wildman–Crippen MR) is 47.7 cm³/mol. The van der Waals surface area contributed by atoms with E-state index in [9.17, 15) is 8.78 Å². The third kappa shape index (κ3) is 2.24. The second-order valence-electron chi connectivity index (χ2n) is 2.59. The fraction of sp³-hybridized carbons (Fsp3) is 0.222. The lowest BCUT2D eigenvalue weighted by Crippen LogP contribution is -1.97. The molecule has 1 rings (SSSR count). The van der Waals surface area contributed by atoms with E-state index in [1.807, 2.05) is 0 Å². The number of halogens is 2. The van der Waals surface area contributed by atoms with Crippen LogP contribution in [0.5, 0.6) is 0 Å². The lowest BCUT2D eigenvalue weighted by molar-refractivity contribution is 0.568. The molecule has 0 unspecified atom stereocenters. The number of hydrogen-bond donors (Lipinski definition) is 1. The molecule has 70 valence electrons. The molecule has 0 aliphatic rings. The summed E-state index contributed by atoms with van der Waals surface area (Å²) in [4.78, 5) is 0. The van der Waals surface area contributed by atoms with E-state index in [0.717, 1.165) is 0 Å². The van der Waals surface area contributed by atoms with Crippen LogP contribution in [-0.4, -0.2) is 13.3 Å². The van der Waals surface area contributed by atoms with E-state index in [0.29, 0.717) is 5.56 Å².